The average Bonchev–Trinajstić information content (AvgIpc) is 3.37. The van der Waals surface area contributed by atoms with Gasteiger partial charge < -0.3 is 19.2 Å². The van der Waals surface area contributed by atoms with Crippen molar-refractivity contribution in [2.24, 2.45) is 5.41 Å². The standard InChI is InChI=1S/C32H38N2O6/c1-7-12-24(21-15-16-25-23(19-21)17-18-38-25)33-30(37)34-28(36)32(8-2,9-3)29(34)39-26-14-11-10-13-22(26)20-27(35)40-31(4,5)6/h7,10-11,13-19,24,29H,1,8-9,12,20H2,2-6H3,(H,33,37)/t24-,29+/m1/s1. The van der Waals surface area contributed by atoms with E-state index in [1.54, 1.807) is 30.5 Å². The number of para-hydroxylation sites is 1. The molecule has 0 saturated carbocycles. The lowest BCUT2D eigenvalue weighted by Gasteiger charge is -2.53. The number of rotatable bonds is 10. The first-order valence-corrected chi connectivity index (χ1v) is 13.7. The van der Waals surface area contributed by atoms with Gasteiger partial charge in [-0.25, -0.2) is 9.69 Å². The van der Waals surface area contributed by atoms with Crippen LogP contribution < -0.4 is 10.1 Å². The van der Waals surface area contributed by atoms with Crippen LogP contribution in [0, 0.1) is 5.41 Å². The molecule has 0 radical (unpaired) electrons. The minimum absolute atomic E-state index is 0.00343. The predicted octanol–water partition coefficient (Wildman–Crippen LogP) is 6.70. The Balaban J connectivity index is 1.59. The van der Waals surface area contributed by atoms with E-state index in [0.717, 1.165) is 21.4 Å². The number of likely N-dealkylation sites (tertiary alicyclic amines) is 1. The number of carbonyl (C=O) groups is 3. The molecule has 2 atom stereocenters. The van der Waals surface area contributed by atoms with Crippen molar-refractivity contribution in [3.63, 3.8) is 0 Å². The summed E-state index contributed by atoms with van der Waals surface area (Å²) in [7, 11) is 0. The Morgan fingerprint density at radius 2 is 1.88 bits per heavy atom. The first-order valence-electron chi connectivity index (χ1n) is 13.7. The molecule has 1 N–H and O–H groups in total. The summed E-state index contributed by atoms with van der Waals surface area (Å²) in [6, 6.07) is 13.7. The molecule has 2 heterocycles. The second kappa shape index (κ2) is 11.6. The molecule has 3 aromatic rings. The van der Waals surface area contributed by atoms with E-state index in [2.05, 4.69) is 11.9 Å². The number of furan rings is 1. The zero-order valence-electron chi connectivity index (χ0n) is 23.9. The summed E-state index contributed by atoms with van der Waals surface area (Å²) >= 11 is 0. The SMILES string of the molecule is C=CC[C@@H](NC(=O)N1C(=O)C(CC)(CC)[C@@H]1Oc1ccccc1CC(=O)OC(C)(C)C)c1ccc2occc2c1. The van der Waals surface area contributed by atoms with Crippen molar-refractivity contribution in [3.05, 3.63) is 78.6 Å². The molecule has 4 rings (SSSR count). The molecule has 3 amide bonds. The fourth-order valence-electron chi connectivity index (χ4n) is 5.18. The minimum Gasteiger partial charge on any atom is -0.468 e. The number of benzene rings is 2. The maximum absolute atomic E-state index is 13.6. The Kier molecular flexibility index (Phi) is 8.37. The van der Waals surface area contributed by atoms with Gasteiger partial charge in [-0.3, -0.25) is 9.59 Å². The first kappa shape index (κ1) is 28.9. The molecular weight excluding hydrogens is 508 g/mol. The van der Waals surface area contributed by atoms with Crippen molar-refractivity contribution >= 4 is 28.9 Å². The molecule has 8 heteroatoms. The van der Waals surface area contributed by atoms with E-state index in [-0.39, 0.29) is 18.3 Å². The van der Waals surface area contributed by atoms with Gasteiger partial charge in [0.25, 0.3) is 0 Å². The van der Waals surface area contributed by atoms with E-state index in [1.807, 2.05) is 65.0 Å². The number of ether oxygens (including phenoxy) is 2. The lowest BCUT2D eigenvalue weighted by atomic mass is 9.72. The van der Waals surface area contributed by atoms with Crippen molar-refractivity contribution in [1.82, 2.24) is 10.2 Å². The number of esters is 1. The second-order valence-electron chi connectivity index (χ2n) is 11.1. The van der Waals surface area contributed by atoms with E-state index in [0.29, 0.717) is 30.6 Å². The van der Waals surface area contributed by atoms with Gasteiger partial charge in [0.05, 0.1) is 18.7 Å². The van der Waals surface area contributed by atoms with Crippen LogP contribution in [0.1, 0.15) is 71.0 Å². The van der Waals surface area contributed by atoms with E-state index >= 15 is 0 Å². The van der Waals surface area contributed by atoms with Crippen LogP contribution in [0.3, 0.4) is 0 Å². The van der Waals surface area contributed by atoms with Crippen molar-refractivity contribution in [1.29, 1.82) is 0 Å². The number of β-lactam (4-membered cyclic amide) rings is 1. The molecule has 0 spiro atoms. The smallest absolute Gasteiger partial charge is 0.327 e. The van der Waals surface area contributed by atoms with Crippen LogP contribution in [-0.2, 0) is 20.7 Å². The molecule has 2 aromatic carbocycles. The fourth-order valence-corrected chi connectivity index (χ4v) is 5.18. The molecule has 1 saturated heterocycles. The van der Waals surface area contributed by atoms with Gasteiger partial charge in [0.1, 0.15) is 22.3 Å². The third-order valence-electron chi connectivity index (χ3n) is 7.38. The highest BCUT2D eigenvalue weighted by Crippen LogP contribution is 2.46. The molecular formula is C32H38N2O6. The molecule has 0 unspecified atom stereocenters. The summed E-state index contributed by atoms with van der Waals surface area (Å²) in [5.41, 5.74) is 0.758. The molecule has 40 heavy (non-hydrogen) atoms. The number of hydrogen-bond donors (Lipinski definition) is 1. The highest BCUT2D eigenvalue weighted by atomic mass is 16.6. The number of imide groups is 1. The summed E-state index contributed by atoms with van der Waals surface area (Å²) < 4.78 is 17.3. The maximum Gasteiger partial charge on any atom is 0.327 e. The van der Waals surface area contributed by atoms with Gasteiger partial charge in [-0.05, 0) is 69.9 Å². The molecule has 1 aliphatic heterocycles. The highest BCUT2D eigenvalue weighted by Gasteiger charge is 2.63. The van der Waals surface area contributed by atoms with Gasteiger partial charge >= 0.3 is 12.0 Å². The molecule has 212 valence electrons. The molecule has 1 aliphatic rings. The first-order chi connectivity index (χ1) is 19.0. The van der Waals surface area contributed by atoms with Crippen LogP contribution in [-0.4, -0.2) is 34.6 Å². The van der Waals surface area contributed by atoms with Crippen LogP contribution in [0.4, 0.5) is 4.79 Å². The van der Waals surface area contributed by atoms with Crippen LogP contribution in [0.2, 0.25) is 0 Å². The van der Waals surface area contributed by atoms with Crippen molar-refractivity contribution in [2.45, 2.75) is 78.2 Å². The van der Waals surface area contributed by atoms with Crippen molar-refractivity contribution in [3.8, 4) is 5.75 Å². The number of amides is 3. The Morgan fingerprint density at radius 3 is 2.55 bits per heavy atom. The topological polar surface area (TPSA) is 98.1 Å². The summed E-state index contributed by atoms with van der Waals surface area (Å²) in [6.07, 6.45) is 3.97. The highest BCUT2D eigenvalue weighted by molar-refractivity contribution is 6.03. The van der Waals surface area contributed by atoms with Crippen LogP contribution in [0.15, 0.2) is 71.9 Å². The molecule has 0 bridgehead atoms. The van der Waals surface area contributed by atoms with Crippen molar-refractivity contribution < 1.29 is 28.3 Å². The largest absolute Gasteiger partial charge is 0.468 e. The summed E-state index contributed by atoms with van der Waals surface area (Å²) in [5, 5.41) is 3.92. The van der Waals surface area contributed by atoms with Gasteiger partial charge in [-0.2, -0.15) is 0 Å². The van der Waals surface area contributed by atoms with Crippen LogP contribution >= 0.6 is 0 Å². The maximum atomic E-state index is 13.6. The van der Waals surface area contributed by atoms with E-state index in [1.165, 1.54) is 0 Å². The predicted molar refractivity (Wildman–Crippen MR) is 153 cm³/mol. The normalized spacial score (nSPS) is 17.2. The van der Waals surface area contributed by atoms with Crippen LogP contribution in [0.25, 0.3) is 11.0 Å². The van der Waals surface area contributed by atoms with Gasteiger partial charge in [-0.15, -0.1) is 6.58 Å². The quantitative estimate of drug-likeness (QED) is 0.173. The number of nitrogens with one attached hydrogen (secondary N) is 1. The Labute approximate surface area is 235 Å². The minimum atomic E-state index is -0.861. The molecule has 1 aromatic heterocycles. The molecule has 1 fully saturated rings. The van der Waals surface area contributed by atoms with Gasteiger partial charge in [0, 0.05) is 10.9 Å². The second-order valence-corrected chi connectivity index (χ2v) is 11.1. The Hall–Kier alpha value is -4.07. The number of hydrogen-bond acceptors (Lipinski definition) is 6. The zero-order chi connectivity index (χ0) is 29.1. The van der Waals surface area contributed by atoms with E-state index < -0.39 is 29.3 Å². The van der Waals surface area contributed by atoms with Crippen LogP contribution in [0.5, 0.6) is 5.75 Å². The number of fused-ring (bicyclic) bond motifs is 1. The van der Waals surface area contributed by atoms with Crippen molar-refractivity contribution in [2.75, 3.05) is 0 Å². The van der Waals surface area contributed by atoms with Gasteiger partial charge in [-0.1, -0.05) is 44.2 Å². The summed E-state index contributed by atoms with van der Waals surface area (Å²) in [5.74, 6) is -0.239. The third kappa shape index (κ3) is 5.76. The number of nitrogens with zero attached hydrogens (tertiary/aromatic N) is 1. The van der Waals surface area contributed by atoms with Gasteiger partial charge in [0.2, 0.25) is 5.91 Å². The molecule has 0 aliphatic carbocycles. The summed E-state index contributed by atoms with van der Waals surface area (Å²) in [6.45, 7) is 13.1. The number of urea groups is 1. The fraction of sp³-hybridized carbons (Fsp3) is 0.406. The van der Waals surface area contributed by atoms with E-state index in [4.69, 9.17) is 13.9 Å². The third-order valence-corrected chi connectivity index (χ3v) is 7.38. The summed E-state index contributed by atoms with van der Waals surface area (Å²) in [4.78, 5) is 40.9. The van der Waals surface area contributed by atoms with E-state index in [9.17, 15) is 14.4 Å². The average molecular weight is 547 g/mol. The zero-order valence-corrected chi connectivity index (χ0v) is 23.9. The number of carbonyl (C=O) groups excluding carboxylic acids is 3. The molecule has 8 nitrogen and oxygen atoms in total. The Bertz CT molecular complexity index is 1400. The lowest BCUT2D eigenvalue weighted by Crippen LogP contribution is -2.73. The van der Waals surface area contributed by atoms with Gasteiger partial charge in [0.15, 0.2) is 6.23 Å². The Morgan fingerprint density at radius 1 is 1.15 bits per heavy atom. The lowest BCUT2D eigenvalue weighted by molar-refractivity contribution is -0.191. The monoisotopic (exact) mass is 546 g/mol.